The van der Waals surface area contributed by atoms with Gasteiger partial charge in [-0.2, -0.15) is 26.3 Å². The summed E-state index contributed by atoms with van der Waals surface area (Å²) in [4.78, 5) is 0. The number of ether oxygens (including phenoxy) is 1. The summed E-state index contributed by atoms with van der Waals surface area (Å²) in [6.07, 6.45) is -11.0. The summed E-state index contributed by atoms with van der Waals surface area (Å²) in [5.74, 6) is -4.09. The second-order valence-electron chi connectivity index (χ2n) is 5.45. The summed E-state index contributed by atoms with van der Waals surface area (Å²) in [6.45, 7) is 0. The number of benzene rings is 2. The Balaban J connectivity index is 2.65. The lowest BCUT2D eigenvalue weighted by molar-refractivity contribution is -0.0803. The molecule has 0 saturated heterocycles. The highest BCUT2D eigenvalue weighted by Crippen LogP contribution is 2.37. The average Bonchev–Trinajstić information content (AvgIpc) is 2.51. The zero-order chi connectivity index (χ0) is 22.0. The first-order valence-corrected chi connectivity index (χ1v) is 8.18. The Kier molecular flexibility index (Phi) is 6.85. The third-order valence-corrected chi connectivity index (χ3v) is 3.83. The molecule has 1 nitrogen and oxygen atoms in total. The van der Waals surface area contributed by atoms with E-state index in [-0.39, 0.29) is 0 Å². The number of halogens is 10. The molecule has 29 heavy (non-hydrogen) atoms. The van der Waals surface area contributed by atoms with Crippen LogP contribution in [0.5, 0.6) is 0 Å². The third-order valence-electron chi connectivity index (χ3n) is 3.20. The van der Waals surface area contributed by atoms with Crippen molar-refractivity contribution in [3.63, 3.8) is 0 Å². The first-order chi connectivity index (χ1) is 13.2. The van der Waals surface area contributed by atoms with E-state index in [1.54, 1.807) is 0 Å². The summed E-state index contributed by atoms with van der Waals surface area (Å²) in [5, 5.41) is -1.09. The zero-order valence-corrected chi connectivity index (χ0v) is 15.3. The van der Waals surface area contributed by atoms with Gasteiger partial charge in [0, 0.05) is 11.1 Å². The molecule has 0 amide bonds. The van der Waals surface area contributed by atoms with Crippen LogP contribution in [0, 0.1) is 11.6 Å². The molecule has 2 rings (SSSR count). The minimum Gasteiger partial charge on any atom is -0.456 e. The first kappa shape index (κ1) is 23.0. The van der Waals surface area contributed by atoms with Gasteiger partial charge in [-0.05, 0) is 36.4 Å². The van der Waals surface area contributed by atoms with Gasteiger partial charge >= 0.3 is 12.4 Å². The van der Waals surface area contributed by atoms with E-state index in [1.165, 1.54) is 0 Å². The molecule has 0 aliphatic rings. The fraction of sp³-hybridized carbons (Fsp3) is 0.111. The van der Waals surface area contributed by atoms with Crippen LogP contribution in [-0.2, 0) is 4.74 Å². The third kappa shape index (κ3) is 6.93. The van der Waals surface area contributed by atoms with Crippen LogP contribution in [0.25, 0.3) is 11.5 Å². The Labute approximate surface area is 168 Å². The highest BCUT2D eigenvalue weighted by Gasteiger charge is 2.30. The lowest BCUT2D eigenvalue weighted by atomic mass is 10.1. The van der Waals surface area contributed by atoms with E-state index in [0.717, 1.165) is 24.3 Å². The van der Waals surface area contributed by atoms with Crippen molar-refractivity contribution in [2.75, 3.05) is 0 Å². The van der Waals surface area contributed by atoms with Crippen LogP contribution in [0.1, 0.15) is 11.1 Å². The normalized spacial score (nSPS) is 13.6. The molecule has 0 atom stereocenters. The molecule has 0 aliphatic carbocycles. The Morgan fingerprint density at radius 1 is 0.690 bits per heavy atom. The van der Waals surface area contributed by atoms with Crippen molar-refractivity contribution >= 4 is 34.7 Å². The van der Waals surface area contributed by atoms with E-state index in [2.05, 4.69) is 0 Å². The minimum atomic E-state index is -5.02. The summed E-state index contributed by atoms with van der Waals surface area (Å²) in [7, 11) is 0. The molecule has 2 aromatic rings. The van der Waals surface area contributed by atoms with E-state index < -0.39 is 68.8 Å². The van der Waals surface area contributed by atoms with Gasteiger partial charge < -0.3 is 4.74 Å². The molecule has 0 radical (unpaired) electrons. The molecule has 0 heterocycles. The van der Waals surface area contributed by atoms with Gasteiger partial charge in [0.15, 0.2) is 0 Å². The summed E-state index contributed by atoms with van der Waals surface area (Å²) >= 11 is 11.4. The topological polar surface area (TPSA) is 9.23 Å². The average molecular weight is 463 g/mol. The minimum absolute atomic E-state index is 0.451. The molecule has 11 heteroatoms. The predicted octanol–water partition coefficient (Wildman–Crippen LogP) is 7.79. The molecule has 0 unspecified atom stereocenters. The standard InChI is InChI=1S/C18H8Cl2F8O/c19-13-5-9(21)1-3-11(13)15(7-17(23,24)25)29-16(8-18(26,27)28)12-4-2-10(22)6-14(12)20/h1-8H/b15-7-,16-8-. The van der Waals surface area contributed by atoms with Gasteiger partial charge in [-0.3, -0.25) is 0 Å². The molecule has 0 aromatic heterocycles. The highest BCUT2D eigenvalue weighted by atomic mass is 35.5. The van der Waals surface area contributed by atoms with E-state index in [4.69, 9.17) is 27.9 Å². The molecule has 0 saturated carbocycles. The van der Waals surface area contributed by atoms with E-state index in [0.29, 0.717) is 12.1 Å². The number of rotatable bonds is 4. The van der Waals surface area contributed by atoms with Crippen LogP contribution in [0.3, 0.4) is 0 Å². The van der Waals surface area contributed by atoms with Gasteiger partial charge in [-0.15, -0.1) is 0 Å². The van der Waals surface area contributed by atoms with Gasteiger partial charge in [-0.1, -0.05) is 23.2 Å². The fourth-order valence-corrected chi connectivity index (χ4v) is 2.64. The van der Waals surface area contributed by atoms with Crippen molar-refractivity contribution in [1.82, 2.24) is 0 Å². The molecule has 0 fully saturated rings. The Morgan fingerprint density at radius 3 is 1.31 bits per heavy atom. The maximum Gasteiger partial charge on any atom is 0.413 e. The number of allylic oxidation sites excluding steroid dienone is 2. The van der Waals surface area contributed by atoms with Crippen LogP contribution >= 0.6 is 23.2 Å². The first-order valence-electron chi connectivity index (χ1n) is 7.43. The summed E-state index contributed by atoms with van der Waals surface area (Å²) in [5.41, 5.74) is -1.06. The van der Waals surface area contributed by atoms with E-state index in [9.17, 15) is 35.1 Å². The smallest absolute Gasteiger partial charge is 0.413 e. The van der Waals surface area contributed by atoms with Crippen LogP contribution in [0.15, 0.2) is 48.6 Å². The maximum atomic E-state index is 13.2. The fourth-order valence-electron chi connectivity index (χ4n) is 2.12. The predicted molar refractivity (Wildman–Crippen MR) is 92.0 cm³/mol. The van der Waals surface area contributed by atoms with Crippen LogP contribution in [-0.4, -0.2) is 12.4 Å². The van der Waals surface area contributed by atoms with Crippen molar-refractivity contribution in [1.29, 1.82) is 0 Å². The highest BCUT2D eigenvalue weighted by molar-refractivity contribution is 6.32. The maximum absolute atomic E-state index is 13.2. The molecule has 0 bridgehead atoms. The number of hydrogen-bond donors (Lipinski definition) is 0. The van der Waals surface area contributed by atoms with Crippen LogP contribution in [0.2, 0.25) is 10.0 Å². The van der Waals surface area contributed by atoms with Crippen LogP contribution < -0.4 is 0 Å². The van der Waals surface area contributed by atoms with Crippen molar-refractivity contribution < 1.29 is 39.9 Å². The van der Waals surface area contributed by atoms with Gasteiger partial charge in [0.1, 0.15) is 23.2 Å². The summed E-state index contributed by atoms with van der Waals surface area (Å²) < 4.78 is 109. The van der Waals surface area contributed by atoms with Gasteiger partial charge in [0.05, 0.1) is 22.2 Å². The Morgan fingerprint density at radius 2 is 1.03 bits per heavy atom. The van der Waals surface area contributed by atoms with E-state index >= 15 is 0 Å². The van der Waals surface area contributed by atoms with Crippen molar-refractivity contribution in [2.45, 2.75) is 12.4 Å². The SMILES string of the molecule is Fc1ccc(/C(=C/C(F)(F)F)O/C(=C\C(F)(F)F)c2ccc(F)cc2Cl)c(Cl)c1. The van der Waals surface area contributed by atoms with Crippen molar-refractivity contribution in [3.8, 4) is 0 Å². The molecule has 0 N–H and O–H groups in total. The molecular weight excluding hydrogens is 455 g/mol. The molecular formula is C18H8Cl2F8O. The lowest BCUT2D eigenvalue weighted by Gasteiger charge is -2.17. The lowest BCUT2D eigenvalue weighted by Crippen LogP contribution is -2.08. The Bertz CT molecular complexity index is 884. The molecule has 2 aromatic carbocycles. The van der Waals surface area contributed by atoms with Crippen LogP contribution in [0.4, 0.5) is 35.1 Å². The van der Waals surface area contributed by atoms with Crippen molar-refractivity contribution in [3.05, 3.63) is 81.4 Å². The number of hydrogen-bond acceptors (Lipinski definition) is 1. The van der Waals surface area contributed by atoms with Crippen molar-refractivity contribution in [2.24, 2.45) is 0 Å². The zero-order valence-electron chi connectivity index (χ0n) is 13.8. The molecule has 0 aliphatic heterocycles. The summed E-state index contributed by atoms with van der Waals surface area (Å²) in [6, 6.07) is 4.39. The second kappa shape index (κ2) is 8.62. The monoisotopic (exact) mass is 462 g/mol. The van der Waals surface area contributed by atoms with Gasteiger partial charge in [0.2, 0.25) is 0 Å². The Hall–Kier alpha value is -2.26. The largest absolute Gasteiger partial charge is 0.456 e. The quantitative estimate of drug-likeness (QED) is 0.332. The van der Waals surface area contributed by atoms with Gasteiger partial charge in [0.25, 0.3) is 0 Å². The van der Waals surface area contributed by atoms with Gasteiger partial charge in [-0.25, -0.2) is 8.78 Å². The molecule has 0 spiro atoms. The molecule has 156 valence electrons. The number of alkyl halides is 6. The second-order valence-corrected chi connectivity index (χ2v) is 6.27. The van der Waals surface area contributed by atoms with E-state index in [1.807, 2.05) is 0 Å².